The van der Waals surface area contributed by atoms with Gasteiger partial charge in [0.2, 0.25) is 0 Å². The smallest absolute Gasteiger partial charge is 0.261 e. The summed E-state index contributed by atoms with van der Waals surface area (Å²) in [6.07, 6.45) is 5.32. The van der Waals surface area contributed by atoms with E-state index in [0.717, 1.165) is 11.2 Å². The molecule has 0 radical (unpaired) electrons. The molecule has 6 heteroatoms. The van der Waals surface area contributed by atoms with E-state index in [-0.39, 0.29) is 11.6 Å². The summed E-state index contributed by atoms with van der Waals surface area (Å²) in [6.45, 7) is 3.35. The first-order chi connectivity index (χ1) is 13.2. The maximum atomic E-state index is 12.6. The molecule has 0 unspecified atom stereocenters. The molecule has 2 aromatic carbocycles. The van der Waals surface area contributed by atoms with Crippen LogP contribution >= 0.6 is 0 Å². The molecule has 4 rings (SSSR count). The first kappa shape index (κ1) is 17.2. The average molecular weight is 359 g/mol. The summed E-state index contributed by atoms with van der Waals surface area (Å²) in [5.74, 6) is 0. The fraction of sp³-hybridized carbons (Fsp3) is 0.190. The Bertz CT molecular complexity index is 1100. The van der Waals surface area contributed by atoms with Crippen LogP contribution in [0, 0.1) is 0 Å². The van der Waals surface area contributed by atoms with Gasteiger partial charge in [0, 0.05) is 31.5 Å². The lowest BCUT2D eigenvalue weighted by atomic mass is 10.2. The molecule has 0 saturated carbocycles. The summed E-state index contributed by atoms with van der Waals surface area (Å²) in [5.41, 5.74) is 2.92. The van der Waals surface area contributed by atoms with Gasteiger partial charge in [0.15, 0.2) is 0 Å². The van der Waals surface area contributed by atoms with E-state index in [9.17, 15) is 4.79 Å². The Balaban J connectivity index is 1.43. The second-order valence-electron chi connectivity index (χ2n) is 6.62. The van der Waals surface area contributed by atoms with Crippen molar-refractivity contribution in [2.45, 2.75) is 26.1 Å². The van der Waals surface area contributed by atoms with Crippen molar-refractivity contribution in [1.82, 2.24) is 24.6 Å². The van der Waals surface area contributed by atoms with Gasteiger partial charge < -0.3 is 5.32 Å². The molecular formula is C21H21N5O. The maximum Gasteiger partial charge on any atom is 0.261 e. The molecule has 0 saturated heterocycles. The van der Waals surface area contributed by atoms with Crippen LogP contribution in [0.4, 0.5) is 0 Å². The van der Waals surface area contributed by atoms with Crippen LogP contribution in [0.3, 0.4) is 0 Å². The normalized spacial score (nSPS) is 12.3. The molecule has 0 aliphatic rings. The van der Waals surface area contributed by atoms with E-state index in [1.807, 2.05) is 53.3 Å². The summed E-state index contributed by atoms with van der Waals surface area (Å²) in [6, 6.07) is 17.7. The molecule has 2 aromatic heterocycles. The van der Waals surface area contributed by atoms with Crippen molar-refractivity contribution in [3.05, 3.63) is 89.2 Å². The standard InChI is InChI=1S/C21H21N5O/c1-16(14-25-15-23-20-9-3-2-8-19(20)21(25)27)22-13-17-6-4-7-18(12-17)26-11-5-10-24-26/h2-12,15-16,22H,13-14H2,1H3/t16-/m0/s1. The van der Waals surface area contributed by atoms with Crippen molar-refractivity contribution in [2.24, 2.45) is 0 Å². The van der Waals surface area contributed by atoms with Gasteiger partial charge in [-0.25, -0.2) is 9.67 Å². The lowest BCUT2D eigenvalue weighted by Crippen LogP contribution is -2.34. The number of aromatic nitrogens is 4. The van der Waals surface area contributed by atoms with Crippen LogP contribution in [0.5, 0.6) is 0 Å². The highest BCUT2D eigenvalue weighted by molar-refractivity contribution is 5.76. The Morgan fingerprint density at radius 2 is 2.00 bits per heavy atom. The number of rotatable bonds is 6. The third-order valence-electron chi connectivity index (χ3n) is 4.54. The van der Waals surface area contributed by atoms with Crippen LogP contribution in [-0.2, 0) is 13.1 Å². The minimum absolute atomic E-state index is 0.00469. The number of fused-ring (bicyclic) bond motifs is 1. The summed E-state index contributed by atoms with van der Waals surface area (Å²) < 4.78 is 3.51. The average Bonchev–Trinajstić information content (AvgIpc) is 3.24. The van der Waals surface area contributed by atoms with E-state index in [2.05, 4.69) is 34.5 Å². The van der Waals surface area contributed by atoms with Crippen molar-refractivity contribution in [3.8, 4) is 5.69 Å². The summed E-state index contributed by atoms with van der Waals surface area (Å²) >= 11 is 0. The largest absolute Gasteiger partial charge is 0.308 e. The molecule has 1 N–H and O–H groups in total. The Morgan fingerprint density at radius 3 is 2.85 bits per heavy atom. The first-order valence-corrected chi connectivity index (χ1v) is 8.97. The predicted octanol–water partition coefficient (Wildman–Crippen LogP) is 2.76. The third-order valence-corrected chi connectivity index (χ3v) is 4.54. The van der Waals surface area contributed by atoms with Gasteiger partial charge in [-0.05, 0) is 42.8 Å². The topological polar surface area (TPSA) is 64.7 Å². The fourth-order valence-corrected chi connectivity index (χ4v) is 3.12. The van der Waals surface area contributed by atoms with Gasteiger partial charge in [0.05, 0.1) is 22.9 Å². The summed E-state index contributed by atoms with van der Waals surface area (Å²) in [4.78, 5) is 17.0. The van der Waals surface area contributed by atoms with E-state index >= 15 is 0 Å². The quantitative estimate of drug-likeness (QED) is 0.575. The molecule has 136 valence electrons. The monoisotopic (exact) mass is 359 g/mol. The zero-order valence-electron chi connectivity index (χ0n) is 15.1. The predicted molar refractivity (Wildman–Crippen MR) is 106 cm³/mol. The van der Waals surface area contributed by atoms with Gasteiger partial charge in [-0.3, -0.25) is 9.36 Å². The summed E-state index contributed by atoms with van der Waals surface area (Å²) in [7, 11) is 0. The zero-order chi connectivity index (χ0) is 18.6. The minimum atomic E-state index is -0.00469. The second-order valence-corrected chi connectivity index (χ2v) is 6.62. The molecule has 27 heavy (non-hydrogen) atoms. The molecule has 0 aliphatic heterocycles. The second kappa shape index (κ2) is 7.55. The molecule has 0 spiro atoms. The van der Waals surface area contributed by atoms with Crippen LogP contribution in [0.15, 0.2) is 78.1 Å². The van der Waals surface area contributed by atoms with E-state index in [0.29, 0.717) is 18.5 Å². The Labute approximate surface area is 157 Å². The number of benzene rings is 2. The molecule has 0 fully saturated rings. The maximum absolute atomic E-state index is 12.6. The van der Waals surface area contributed by atoms with Gasteiger partial charge in [-0.2, -0.15) is 5.10 Å². The van der Waals surface area contributed by atoms with Gasteiger partial charge in [-0.15, -0.1) is 0 Å². The molecule has 0 bridgehead atoms. The molecule has 2 heterocycles. The Morgan fingerprint density at radius 1 is 1.11 bits per heavy atom. The summed E-state index contributed by atoms with van der Waals surface area (Å²) in [5, 5.41) is 8.39. The molecule has 1 atom stereocenters. The Hall–Kier alpha value is -3.25. The molecule has 4 aromatic rings. The van der Waals surface area contributed by atoms with Crippen molar-refractivity contribution < 1.29 is 0 Å². The number of hydrogen-bond donors (Lipinski definition) is 1. The van der Waals surface area contributed by atoms with E-state index < -0.39 is 0 Å². The first-order valence-electron chi connectivity index (χ1n) is 8.97. The van der Waals surface area contributed by atoms with Crippen LogP contribution in [0.1, 0.15) is 12.5 Å². The van der Waals surface area contributed by atoms with E-state index in [4.69, 9.17) is 0 Å². The van der Waals surface area contributed by atoms with Gasteiger partial charge >= 0.3 is 0 Å². The van der Waals surface area contributed by atoms with Crippen molar-refractivity contribution >= 4 is 10.9 Å². The minimum Gasteiger partial charge on any atom is -0.308 e. The van der Waals surface area contributed by atoms with Crippen LogP contribution < -0.4 is 10.9 Å². The van der Waals surface area contributed by atoms with Crippen LogP contribution in [0.2, 0.25) is 0 Å². The lowest BCUT2D eigenvalue weighted by molar-refractivity contribution is 0.467. The van der Waals surface area contributed by atoms with Crippen molar-refractivity contribution in [1.29, 1.82) is 0 Å². The van der Waals surface area contributed by atoms with E-state index in [1.54, 1.807) is 17.1 Å². The molecule has 6 nitrogen and oxygen atoms in total. The number of para-hydroxylation sites is 1. The highest BCUT2D eigenvalue weighted by Crippen LogP contribution is 2.10. The molecule has 0 aliphatic carbocycles. The van der Waals surface area contributed by atoms with Gasteiger partial charge in [-0.1, -0.05) is 24.3 Å². The van der Waals surface area contributed by atoms with Crippen LogP contribution in [-0.4, -0.2) is 25.4 Å². The highest BCUT2D eigenvalue weighted by atomic mass is 16.1. The van der Waals surface area contributed by atoms with Crippen LogP contribution in [0.25, 0.3) is 16.6 Å². The Kier molecular flexibility index (Phi) is 4.80. The van der Waals surface area contributed by atoms with E-state index in [1.165, 1.54) is 5.56 Å². The zero-order valence-corrected chi connectivity index (χ0v) is 15.1. The lowest BCUT2D eigenvalue weighted by Gasteiger charge is -2.16. The number of hydrogen-bond acceptors (Lipinski definition) is 4. The number of nitrogens with one attached hydrogen (secondary N) is 1. The molecular weight excluding hydrogens is 338 g/mol. The SMILES string of the molecule is C[C@@H](Cn1cnc2ccccc2c1=O)NCc1cccc(-n2cccn2)c1. The van der Waals surface area contributed by atoms with Gasteiger partial charge in [0.1, 0.15) is 0 Å². The van der Waals surface area contributed by atoms with Crippen molar-refractivity contribution in [3.63, 3.8) is 0 Å². The highest BCUT2D eigenvalue weighted by Gasteiger charge is 2.08. The molecule has 0 amide bonds. The van der Waals surface area contributed by atoms with Crippen molar-refractivity contribution in [2.75, 3.05) is 0 Å². The fourth-order valence-electron chi connectivity index (χ4n) is 3.12. The van der Waals surface area contributed by atoms with Gasteiger partial charge in [0.25, 0.3) is 5.56 Å². The number of nitrogens with zero attached hydrogens (tertiary/aromatic N) is 4. The third kappa shape index (κ3) is 3.80.